The van der Waals surface area contributed by atoms with E-state index in [-0.39, 0.29) is 18.0 Å². The summed E-state index contributed by atoms with van der Waals surface area (Å²) in [5, 5.41) is 14.3. The van der Waals surface area contributed by atoms with Gasteiger partial charge in [0, 0.05) is 26.1 Å². The molecule has 0 radical (unpaired) electrons. The van der Waals surface area contributed by atoms with Crippen molar-refractivity contribution < 1.29 is 19.4 Å². The minimum Gasteiger partial charge on any atom is -0.490 e. The molecule has 2 aliphatic heterocycles. The van der Waals surface area contributed by atoms with Crippen LogP contribution in [0.5, 0.6) is 5.75 Å². The number of rotatable bonds is 7. The summed E-state index contributed by atoms with van der Waals surface area (Å²) in [6.07, 6.45) is 2.18. The van der Waals surface area contributed by atoms with E-state index in [0.717, 1.165) is 35.1 Å². The van der Waals surface area contributed by atoms with E-state index in [9.17, 15) is 14.7 Å². The van der Waals surface area contributed by atoms with Crippen LogP contribution in [0, 0.1) is 6.92 Å². The van der Waals surface area contributed by atoms with Crippen molar-refractivity contribution in [3.63, 3.8) is 0 Å². The molecule has 34 heavy (non-hydrogen) atoms. The number of carboxylic acids is 1. The van der Waals surface area contributed by atoms with Crippen molar-refractivity contribution in [3.05, 3.63) is 68.7 Å². The normalized spacial score (nSPS) is 19.8. The molecule has 0 aliphatic carbocycles. The zero-order valence-corrected chi connectivity index (χ0v) is 20.7. The number of amides is 1. The van der Waals surface area contributed by atoms with E-state index >= 15 is 0 Å². The van der Waals surface area contributed by atoms with Gasteiger partial charge in [-0.15, -0.1) is 0 Å². The predicted molar refractivity (Wildman–Crippen MR) is 134 cm³/mol. The van der Waals surface area contributed by atoms with Gasteiger partial charge in [-0.25, -0.2) is 4.79 Å². The maximum Gasteiger partial charge on any atom is 0.333 e. The number of hydrogen-bond acceptors (Lipinski definition) is 4. The molecule has 180 valence electrons. The SMILES string of the molecule is CC(=O)N1CC2CC(c3ccc(CCCOc4c(Cl)cc(C)cc4Cl)cc3)=C(C(=O)O)[C@@H](C1)N2. The van der Waals surface area contributed by atoms with Gasteiger partial charge in [0.15, 0.2) is 5.75 Å². The van der Waals surface area contributed by atoms with Crippen molar-refractivity contribution in [2.24, 2.45) is 0 Å². The number of carboxylic acid groups (broad SMARTS) is 1. The molecule has 2 aromatic carbocycles. The third kappa shape index (κ3) is 5.40. The monoisotopic (exact) mass is 502 g/mol. The second-order valence-electron chi connectivity index (χ2n) is 8.95. The molecule has 2 heterocycles. The van der Waals surface area contributed by atoms with E-state index in [1.165, 1.54) is 6.92 Å². The van der Waals surface area contributed by atoms with Crippen LogP contribution in [0.25, 0.3) is 5.57 Å². The highest BCUT2D eigenvalue weighted by Crippen LogP contribution is 2.35. The molecule has 4 rings (SSSR count). The van der Waals surface area contributed by atoms with Gasteiger partial charge in [0.1, 0.15) is 0 Å². The van der Waals surface area contributed by atoms with E-state index in [2.05, 4.69) is 5.32 Å². The minimum absolute atomic E-state index is 0.0232. The van der Waals surface area contributed by atoms with Crippen LogP contribution in [-0.4, -0.2) is 53.7 Å². The molecule has 1 amide bonds. The van der Waals surface area contributed by atoms with Crippen LogP contribution in [0.15, 0.2) is 42.0 Å². The van der Waals surface area contributed by atoms with E-state index in [1.807, 2.05) is 43.3 Å². The topological polar surface area (TPSA) is 78.9 Å². The van der Waals surface area contributed by atoms with Crippen LogP contribution in [-0.2, 0) is 16.0 Å². The van der Waals surface area contributed by atoms with E-state index in [1.54, 1.807) is 4.90 Å². The summed E-state index contributed by atoms with van der Waals surface area (Å²) in [4.78, 5) is 25.7. The molecule has 0 spiro atoms. The second-order valence-corrected chi connectivity index (χ2v) is 9.76. The van der Waals surface area contributed by atoms with Gasteiger partial charge in [0.05, 0.1) is 28.3 Å². The Hall–Kier alpha value is -2.54. The number of benzene rings is 2. The number of nitrogens with one attached hydrogen (secondary N) is 1. The molecule has 1 unspecified atom stereocenters. The van der Waals surface area contributed by atoms with Crippen LogP contribution in [0.1, 0.15) is 36.5 Å². The summed E-state index contributed by atoms with van der Waals surface area (Å²) in [5.74, 6) is -0.451. The zero-order chi connectivity index (χ0) is 24.4. The number of ether oxygens (including phenoxy) is 1. The highest BCUT2D eigenvalue weighted by Gasteiger charge is 2.38. The number of piperazine rings is 1. The van der Waals surface area contributed by atoms with Gasteiger partial charge in [0.25, 0.3) is 0 Å². The Morgan fingerprint density at radius 1 is 1.15 bits per heavy atom. The van der Waals surface area contributed by atoms with Gasteiger partial charge >= 0.3 is 5.97 Å². The summed E-state index contributed by atoms with van der Waals surface area (Å²) < 4.78 is 5.80. The number of nitrogens with zero attached hydrogens (tertiary/aromatic N) is 1. The number of aliphatic carboxylic acids is 1. The maximum absolute atomic E-state index is 12.1. The Morgan fingerprint density at radius 2 is 1.82 bits per heavy atom. The molecule has 2 atom stereocenters. The third-order valence-electron chi connectivity index (χ3n) is 6.38. The number of hydrogen-bond donors (Lipinski definition) is 2. The van der Waals surface area contributed by atoms with Gasteiger partial charge in [0.2, 0.25) is 5.91 Å². The largest absolute Gasteiger partial charge is 0.490 e. The molecule has 2 aliphatic rings. The lowest BCUT2D eigenvalue weighted by molar-refractivity contribution is -0.135. The lowest BCUT2D eigenvalue weighted by Gasteiger charge is -2.43. The number of carbonyl (C=O) groups is 2. The smallest absolute Gasteiger partial charge is 0.333 e. The fourth-order valence-corrected chi connectivity index (χ4v) is 5.48. The molecular weight excluding hydrogens is 475 g/mol. The average molecular weight is 503 g/mol. The molecule has 0 aromatic heterocycles. The molecule has 2 aromatic rings. The van der Waals surface area contributed by atoms with Crippen molar-refractivity contribution in [2.75, 3.05) is 19.7 Å². The fraction of sp³-hybridized carbons (Fsp3) is 0.385. The number of fused-ring (bicyclic) bond motifs is 2. The Bertz CT molecular complexity index is 1110. The highest BCUT2D eigenvalue weighted by molar-refractivity contribution is 6.37. The lowest BCUT2D eigenvalue weighted by atomic mass is 9.83. The van der Waals surface area contributed by atoms with E-state index < -0.39 is 5.97 Å². The molecule has 6 nitrogen and oxygen atoms in total. The molecule has 1 saturated heterocycles. The summed E-state index contributed by atoms with van der Waals surface area (Å²) in [6.45, 7) is 4.91. The molecule has 1 fully saturated rings. The van der Waals surface area contributed by atoms with E-state index in [4.69, 9.17) is 27.9 Å². The van der Waals surface area contributed by atoms with Crippen LogP contribution in [0.2, 0.25) is 10.0 Å². The van der Waals surface area contributed by atoms with Crippen LogP contribution < -0.4 is 10.1 Å². The maximum atomic E-state index is 12.1. The van der Waals surface area contributed by atoms with Crippen molar-refractivity contribution in [3.8, 4) is 5.75 Å². The van der Waals surface area contributed by atoms with Crippen molar-refractivity contribution in [1.82, 2.24) is 10.2 Å². The molecule has 2 bridgehead atoms. The number of aryl methyl sites for hydroxylation is 2. The second kappa shape index (κ2) is 10.4. The van der Waals surface area contributed by atoms with Crippen molar-refractivity contribution in [1.29, 1.82) is 0 Å². The standard InChI is InChI=1S/C26H28Cl2N2O4/c1-15-10-21(27)25(22(28)11-15)34-9-3-4-17-5-7-18(8-6-17)20-12-19-13-30(16(2)31)14-23(29-19)24(20)26(32)33/h5-8,10-11,19,23,29H,3-4,9,12-14H2,1-2H3,(H,32,33)/t19?,23-/m1/s1. The van der Waals surface area contributed by atoms with Gasteiger partial charge in [-0.1, -0.05) is 47.5 Å². The summed E-state index contributed by atoms with van der Waals surface area (Å²) >= 11 is 12.5. The van der Waals surface area contributed by atoms with Gasteiger partial charge in [-0.05, 0) is 60.6 Å². The Morgan fingerprint density at radius 3 is 2.44 bits per heavy atom. The quantitative estimate of drug-likeness (QED) is 0.534. The van der Waals surface area contributed by atoms with Gasteiger partial charge in [-0.3, -0.25) is 4.79 Å². The third-order valence-corrected chi connectivity index (χ3v) is 6.94. The van der Waals surface area contributed by atoms with Crippen LogP contribution in [0.4, 0.5) is 0 Å². The van der Waals surface area contributed by atoms with E-state index in [0.29, 0.717) is 47.5 Å². The molecule has 0 saturated carbocycles. The first-order valence-corrected chi connectivity index (χ1v) is 12.1. The van der Waals surface area contributed by atoms with Crippen LogP contribution >= 0.6 is 23.2 Å². The molecule has 2 N–H and O–H groups in total. The lowest BCUT2D eigenvalue weighted by Crippen LogP contribution is -2.61. The molecular formula is C26H28Cl2N2O4. The van der Waals surface area contributed by atoms with Gasteiger partial charge in [-0.2, -0.15) is 0 Å². The first-order valence-electron chi connectivity index (χ1n) is 11.4. The fourth-order valence-electron chi connectivity index (χ4n) is 4.77. The minimum atomic E-state index is -0.939. The highest BCUT2D eigenvalue weighted by atomic mass is 35.5. The first-order chi connectivity index (χ1) is 16.2. The van der Waals surface area contributed by atoms with Gasteiger partial charge < -0.3 is 20.1 Å². The Kier molecular flexibility index (Phi) is 7.51. The number of carbonyl (C=O) groups excluding carboxylic acids is 1. The summed E-state index contributed by atoms with van der Waals surface area (Å²) in [6, 6.07) is 11.4. The first kappa shape index (κ1) is 24.6. The Labute approximate surface area is 209 Å². The Balaban J connectivity index is 1.41. The summed E-state index contributed by atoms with van der Waals surface area (Å²) in [5.41, 5.74) is 4.25. The van der Waals surface area contributed by atoms with Crippen molar-refractivity contribution >= 4 is 40.7 Å². The zero-order valence-electron chi connectivity index (χ0n) is 19.2. The number of halogens is 2. The summed E-state index contributed by atoms with van der Waals surface area (Å²) in [7, 11) is 0. The predicted octanol–water partition coefficient (Wildman–Crippen LogP) is 4.74. The van der Waals surface area contributed by atoms with Crippen LogP contribution in [0.3, 0.4) is 0 Å². The molecule has 8 heteroatoms. The van der Waals surface area contributed by atoms with Crippen molar-refractivity contribution in [2.45, 2.75) is 45.2 Å². The average Bonchev–Trinajstić information content (AvgIpc) is 2.77.